The van der Waals surface area contributed by atoms with Crippen molar-refractivity contribution < 1.29 is 19.1 Å². The summed E-state index contributed by atoms with van der Waals surface area (Å²) in [6, 6.07) is -0.708. The maximum atomic E-state index is 11.8. The van der Waals surface area contributed by atoms with Crippen LogP contribution >= 0.6 is 0 Å². The number of amides is 1. The molecule has 5 heteroatoms. The van der Waals surface area contributed by atoms with E-state index in [9.17, 15) is 14.4 Å². The van der Waals surface area contributed by atoms with Gasteiger partial charge in [0.1, 0.15) is 12.3 Å². The van der Waals surface area contributed by atoms with Crippen molar-refractivity contribution in [3.63, 3.8) is 0 Å². The van der Waals surface area contributed by atoms with E-state index in [1.807, 2.05) is 0 Å². The highest BCUT2D eigenvalue weighted by Gasteiger charge is 2.38. The van der Waals surface area contributed by atoms with Crippen LogP contribution in [0.3, 0.4) is 0 Å². The van der Waals surface area contributed by atoms with Gasteiger partial charge in [-0.15, -0.1) is 0 Å². The van der Waals surface area contributed by atoms with Crippen LogP contribution in [0.2, 0.25) is 0 Å². The van der Waals surface area contributed by atoms with Crippen LogP contribution in [0.5, 0.6) is 0 Å². The Bertz CT molecular complexity index is 436. The SMILES string of the molecule is COC(=O)C1CC(C=O)=CC=C2CCC(=O)N21. The number of hydrogen-bond acceptors (Lipinski definition) is 4. The minimum absolute atomic E-state index is 0.0906. The Kier molecular flexibility index (Phi) is 3.08. The highest BCUT2D eigenvalue weighted by molar-refractivity contribution is 5.90. The van der Waals surface area contributed by atoms with Gasteiger partial charge in [-0.3, -0.25) is 9.59 Å². The van der Waals surface area contributed by atoms with Gasteiger partial charge in [0, 0.05) is 18.5 Å². The molecule has 2 aliphatic heterocycles. The van der Waals surface area contributed by atoms with Gasteiger partial charge in [0.2, 0.25) is 5.91 Å². The van der Waals surface area contributed by atoms with Crippen LogP contribution < -0.4 is 0 Å². The van der Waals surface area contributed by atoms with Crippen LogP contribution in [0, 0.1) is 0 Å². The second-order valence-electron chi connectivity index (χ2n) is 4.02. The molecular formula is C12H13NO4. The maximum Gasteiger partial charge on any atom is 0.329 e. The van der Waals surface area contributed by atoms with E-state index in [-0.39, 0.29) is 12.3 Å². The van der Waals surface area contributed by atoms with Gasteiger partial charge < -0.3 is 9.64 Å². The van der Waals surface area contributed by atoms with E-state index >= 15 is 0 Å². The zero-order valence-electron chi connectivity index (χ0n) is 9.51. The molecule has 2 rings (SSSR count). The quantitative estimate of drug-likeness (QED) is 0.518. The lowest BCUT2D eigenvalue weighted by atomic mass is 10.1. The molecule has 0 radical (unpaired) electrons. The Morgan fingerprint density at radius 2 is 2.24 bits per heavy atom. The largest absolute Gasteiger partial charge is 0.467 e. The Morgan fingerprint density at radius 3 is 2.88 bits per heavy atom. The number of allylic oxidation sites excluding steroid dienone is 3. The van der Waals surface area contributed by atoms with Crippen LogP contribution in [0.25, 0.3) is 0 Å². The fourth-order valence-electron chi connectivity index (χ4n) is 2.17. The van der Waals surface area contributed by atoms with Gasteiger partial charge >= 0.3 is 5.97 Å². The first-order chi connectivity index (χ1) is 8.17. The topological polar surface area (TPSA) is 63.7 Å². The summed E-state index contributed by atoms with van der Waals surface area (Å²) in [5.74, 6) is -0.576. The molecule has 0 aromatic heterocycles. The fraction of sp³-hybridized carbons (Fsp3) is 0.417. The molecule has 1 atom stereocenters. The third kappa shape index (κ3) is 2.00. The average molecular weight is 235 g/mol. The normalized spacial score (nSPS) is 23.5. The molecule has 0 bridgehead atoms. The van der Waals surface area contributed by atoms with E-state index in [1.54, 1.807) is 12.2 Å². The van der Waals surface area contributed by atoms with Crippen LogP contribution in [0.15, 0.2) is 23.4 Å². The Balaban J connectivity index is 2.38. The molecule has 0 saturated carbocycles. The first kappa shape index (κ1) is 11.6. The summed E-state index contributed by atoms with van der Waals surface area (Å²) in [5.41, 5.74) is 1.28. The minimum atomic E-state index is -0.708. The van der Waals surface area contributed by atoms with Crippen molar-refractivity contribution in [2.45, 2.75) is 25.3 Å². The summed E-state index contributed by atoms with van der Waals surface area (Å²) in [6.45, 7) is 0. The summed E-state index contributed by atoms with van der Waals surface area (Å²) in [5, 5.41) is 0. The Hall–Kier alpha value is -1.91. The molecule has 1 saturated heterocycles. The molecule has 1 unspecified atom stereocenters. The van der Waals surface area contributed by atoms with Gasteiger partial charge in [-0.25, -0.2) is 4.79 Å². The van der Waals surface area contributed by atoms with Crippen LogP contribution in [-0.4, -0.2) is 36.2 Å². The average Bonchev–Trinajstić information content (AvgIpc) is 2.61. The number of carbonyl (C=O) groups excluding carboxylic acids is 3. The number of esters is 1. The molecule has 2 aliphatic rings. The highest BCUT2D eigenvalue weighted by Crippen LogP contribution is 2.30. The Labute approximate surface area is 98.7 Å². The molecule has 90 valence electrons. The second kappa shape index (κ2) is 4.53. The number of aldehydes is 1. The van der Waals surface area contributed by atoms with Crippen molar-refractivity contribution >= 4 is 18.2 Å². The van der Waals surface area contributed by atoms with Gasteiger partial charge in [0.05, 0.1) is 7.11 Å². The predicted octanol–water partition coefficient (Wildman–Crippen LogP) is 0.563. The third-order valence-corrected chi connectivity index (χ3v) is 3.03. The van der Waals surface area contributed by atoms with Crippen LogP contribution in [-0.2, 0) is 19.1 Å². The van der Waals surface area contributed by atoms with Crippen molar-refractivity contribution in [3.8, 4) is 0 Å². The molecule has 0 N–H and O–H groups in total. The maximum absolute atomic E-state index is 11.8. The van der Waals surface area contributed by atoms with Crippen LogP contribution in [0.4, 0.5) is 0 Å². The number of nitrogens with zero attached hydrogens (tertiary/aromatic N) is 1. The number of methoxy groups -OCH3 is 1. The zero-order valence-corrected chi connectivity index (χ0v) is 9.51. The lowest BCUT2D eigenvalue weighted by Crippen LogP contribution is -2.41. The summed E-state index contributed by atoms with van der Waals surface area (Å²) in [7, 11) is 1.28. The molecule has 2 heterocycles. The number of fused-ring (bicyclic) bond motifs is 1. The number of rotatable bonds is 2. The lowest BCUT2D eigenvalue weighted by molar-refractivity contribution is -0.150. The lowest BCUT2D eigenvalue weighted by Gasteiger charge is -2.25. The van der Waals surface area contributed by atoms with Crippen molar-refractivity contribution in [1.82, 2.24) is 4.90 Å². The van der Waals surface area contributed by atoms with E-state index in [0.717, 1.165) is 5.70 Å². The van der Waals surface area contributed by atoms with E-state index in [1.165, 1.54) is 12.0 Å². The smallest absolute Gasteiger partial charge is 0.329 e. The molecule has 0 aliphatic carbocycles. The fourth-order valence-corrected chi connectivity index (χ4v) is 2.17. The highest BCUT2D eigenvalue weighted by atomic mass is 16.5. The molecule has 0 aromatic rings. The van der Waals surface area contributed by atoms with Crippen molar-refractivity contribution in [2.75, 3.05) is 7.11 Å². The van der Waals surface area contributed by atoms with E-state index in [0.29, 0.717) is 24.7 Å². The van der Waals surface area contributed by atoms with E-state index in [2.05, 4.69) is 0 Å². The summed E-state index contributed by atoms with van der Waals surface area (Å²) in [4.78, 5) is 35.7. The van der Waals surface area contributed by atoms with Crippen molar-refractivity contribution in [1.29, 1.82) is 0 Å². The molecule has 1 amide bonds. The van der Waals surface area contributed by atoms with Gasteiger partial charge in [0.25, 0.3) is 0 Å². The molecule has 5 nitrogen and oxygen atoms in total. The molecule has 0 aromatic carbocycles. The monoisotopic (exact) mass is 235 g/mol. The zero-order chi connectivity index (χ0) is 12.4. The van der Waals surface area contributed by atoms with Crippen LogP contribution in [0.1, 0.15) is 19.3 Å². The number of carbonyl (C=O) groups is 3. The molecular weight excluding hydrogens is 222 g/mol. The predicted molar refractivity (Wildman–Crippen MR) is 58.7 cm³/mol. The van der Waals surface area contributed by atoms with Gasteiger partial charge in [-0.2, -0.15) is 0 Å². The summed E-state index contributed by atoms with van der Waals surface area (Å²) >= 11 is 0. The minimum Gasteiger partial charge on any atom is -0.467 e. The number of ether oxygens (including phenoxy) is 1. The van der Waals surface area contributed by atoms with Crippen molar-refractivity contribution in [2.24, 2.45) is 0 Å². The van der Waals surface area contributed by atoms with E-state index in [4.69, 9.17) is 4.74 Å². The van der Waals surface area contributed by atoms with Gasteiger partial charge in [-0.1, -0.05) is 6.08 Å². The van der Waals surface area contributed by atoms with Gasteiger partial charge in [-0.05, 0) is 18.1 Å². The number of hydrogen-bond donors (Lipinski definition) is 0. The first-order valence-electron chi connectivity index (χ1n) is 5.42. The van der Waals surface area contributed by atoms with E-state index < -0.39 is 12.0 Å². The standard InChI is InChI=1S/C12H13NO4/c1-17-12(16)10-6-8(7-14)2-3-9-4-5-11(15)13(9)10/h2-3,7,10H,4-6H2,1H3. The Morgan fingerprint density at radius 1 is 1.47 bits per heavy atom. The first-order valence-corrected chi connectivity index (χ1v) is 5.42. The summed E-state index contributed by atoms with van der Waals surface area (Å²) in [6.07, 6.45) is 5.33. The molecule has 17 heavy (non-hydrogen) atoms. The second-order valence-corrected chi connectivity index (χ2v) is 4.02. The molecule has 1 fully saturated rings. The van der Waals surface area contributed by atoms with Gasteiger partial charge in [0.15, 0.2) is 0 Å². The van der Waals surface area contributed by atoms with Crippen molar-refractivity contribution in [3.05, 3.63) is 23.4 Å². The third-order valence-electron chi connectivity index (χ3n) is 3.03. The molecule has 0 spiro atoms. The summed E-state index contributed by atoms with van der Waals surface area (Å²) < 4.78 is 4.69.